The van der Waals surface area contributed by atoms with E-state index in [1.54, 1.807) is 0 Å². The molecular formula is C46H37NS. The fourth-order valence-electron chi connectivity index (χ4n) is 6.86. The Hall–Kier alpha value is -5.44. The van der Waals surface area contributed by atoms with E-state index in [0.717, 1.165) is 17.1 Å². The van der Waals surface area contributed by atoms with Crippen LogP contribution in [0.5, 0.6) is 0 Å². The van der Waals surface area contributed by atoms with Crippen molar-refractivity contribution in [2.45, 2.75) is 26.2 Å². The standard InChI is InChI=1S/C46H37NS/c1-46(2,3)42-19-12-18-39(34-15-8-5-9-16-34)45(42)35-23-27-37(28-24-35)47(36-25-21-33(22-26-36)32-13-6-4-7-14-32)38-29-30-41-40-17-10-11-20-43(40)48-44(41)31-38/h4-31H,1-3H3. The van der Waals surface area contributed by atoms with Gasteiger partial charge in [-0.1, -0.05) is 148 Å². The molecule has 0 amide bonds. The largest absolute Gasteiger partial charge is 0.310 e. The van der Waals surface area contributed by atoms with Crippen LogP contribution in [-0.2, 0) is 5.41 Å². The molecule has 0 radical (unpaired) electrons. The molecule has 8 rings (SSSR count). The number of rotatable bonds is 6. The van der Waals surface area contributed by atoms with Crippen LogP contribution in [0.3, 0.4) is 0 Å². The number of hydrogen-bond acceptors (Lipinski definition) is 2. The maximum Gasteiger partial charge on any atom is 0.0476 e. The fraction of sp³-hybridized carbons (Fsp3) is 0.0870. The summed E-state index contributed by atoms with van der Waals surface area (Å²) in [7, 11) is 0. The molecule has 2 heteroatoms. The molecule has 0 fully saturated rings. The Kier molecular flexibility index (Phi) is 7.67. The summed E-state index contributed by atoms with van der Waals surface area (Å²) in [6.45, 7) is 6.92. The predicted octanol–water partition coefficient (Wildman–Crippen LogP) is 13.8. The van der Waals surface area contributed by atoms with Crippen LogP contribution in [0, 0.1) is 0 Å². The van der Waals surface area contributed by atoms with Crippen LogP contribution >= 0.6 is 11.3 Å². The Balaban J connectivity index is 1.26. The van der Waals surface area contributed by atoms with Crippen LogP contribution in [0.2, 0.25) is 0 Å². The molecule has 0 unspecified atom stereocenters. The highest BCUT2D eigenvalue weighted by Crippen LogP contribution is 2.44. The monoisotopic (exact) mass is 635 g/mol. The van der Waals surface area contributed by atoms with Gasteiger partial charge in [-0.2, -0.15) is 0 Å². The summed E-state index contributed by atoms with van der Waals surface area (Å²) in [5, 5.41) is 2.63. The third-order valence-electron chi connectivity index (χ3n) is 9.22. The summed E-state index contributed by atoms with van der Waals surface area (Å²) in [5.41, 5.74) is 12.2. The normalized spacial score (nSPS) is 11.6. The van der Waals surface area contributed by atoms with E-state index in [1.165, 1.54) is 59.1 Å². The van der Waals surface area contributed by atoms with E-state index in [9.17, 15) is 0 Å². The Morgan fingerprint density at radius 2 is 0.958 bits per heavy atom. The maximum absolute atomic E-state index is 2.39. The number of hydrogen-bond donors (Lipinski definition) is 0. The minimum atomic E-state index is -0.00894. The molecule has 0 aliphatic carbocycles. The lowest BCUT2D eigenvalue weighted by Crippen LogP contribution is -2.13. The van der Waals surface area contributed by atoms with Crippen LogP contribution < -0.4 is 4.90 Å². The highest BCUT2D eigenvalue weighted by molar-refractivity contribution is 7.25. The summed E-state index contributed by atoms with van der Waals surface area (Å²) in [6.07, 6.45) is 0. The van der Waals surface area contributed by atoms with Gasteiger partial charge in [-0.15, -0.1) is 11.3 Å². The number of anilines is 3. The van der Waals surface area contributed by atoms with Crippen LogP contribution in [0.4, 0.5) is 17.1 Å². The second-order valence-corrected chi connectivity index (χ2v) is 14.5. The Morgan fingerprint density at radius 1 is 0.417 bits per heavy atom. The number of fused-ring (bicyclic) bond motifs is 3. The first kappa shape index (κ1) is 29.9. The SMILES string of the molecule is CC(C)(C)c1cccc(-c2ccccc2)c1-c1ccc(N(c2ccc(-c3ccccc3)cc2)c2ccc3c(c2)sc2ccccc23)cc1. The van der Waals surface area contributed by atoms with Gasteiger partial charge in [0.2, 0.25) is 0 Å². The molecule has 0 aliphatic rings. The summed E-state index contributed by atoms with van der Waals surface area (Å²) >= 11 is 1.86. The Morgan fingerprint density at radius 3 is 1.62 bits per heavy atom. The van der Waals surface area contributed by atoms with E-state index in [2.05, 4.69) is 196 Å². The minimum absolute atomic E-state index is 0.00894. The topological polar surface area (TPSA) is 3.24 Å². The molecule has 0 N–H and O–H groups in total. The minimum Gasteiger partial charge on any atom is -0.310 e. The van der Waals surface area contributed by atoms with Crippen molar-refractivity contribution in [1.29, 1.82) is 0 Å². The van der Waals surface area contributed by atoms with Gasteiger partial charge in [-0.05, 0) is 86.8 Å². The van der Waals surface area contributed by atoms with Crippen molar-refractivity contribution >= 4 is 48.6 Å². The molecule has 0 aliphatic heterocycles. The lowest BCUT2D eigenvalue weighted by atomic mass is 9.79. The average Bonchev–Trinajstić information content (AvgIpc) is 3.50. The van der Waals surface area contributed by atoms with Gasteiger partial charge >= 0.3 is 0 Å². The van der Waals surface area contributed by atoms with E-state index in [0.29, 0.717) is 0 Å². The summed E-state index contributed by atoms with van der Waals surface area (Å²) in [5.74, 6) is 0. The zero-order valence-electron chi connectivity index (χ0n) is 27.5. The van der Waals surface area contributed by atoms with E-state index in [1.807, 2.05) is 11.3 Å². The van der Waals surface area contributed by atoms with Gasteiger partial charge in [-0.3, -0.25) is 0 Å². The van der Waals surface area contributed by atoms with Crippen LogP contribution in [0.1, 0.15) is 26.3 Å². The van der Waals surface area contributed by atoms with Crippen LogP contribution in [0.15, 0.2) is 170 Å². The third-order valence-corrected chi connectivity index (χ3v) is 10.4. The molecular weight excluding hydrogens is 599 g/mol. The molecule has 1 nitrogen and oxygen atoms in total. The molecule has 0 bridgehead atoms. The lowest BCUT2D eigenvalue weighted by Gasteiger charge is -2.27. The van der Waals surface area contributed by atoms with Gasteiger partial charge in [0.05, 0.1) is 0 Å². The zero-order chi connectivity index (χ0) is 32.7. The van der Waals surface area contributed by atoms with E-state index >= 15 is 0 Å². The number of benzene rings is 7. The molecule has 1 heterocycles. The summed E-state index contributed by atoms with van der Waals surface area (Å²) in [6, 6.07) is 61.8. The Labute approximate surface area is 287 Å². The van der Waals surface area contributed by atoms with Gasteiger partial charge in [0.25, 0.3) is 0 Å². The molecule has 232 valence electrons. The van der Waals surface area contributed by atoms with Crippen molar-refractivity contribution in [1.82, 2.24) is 0 Å². The lowest BCUT2D eigenvalue weighted by molar-refractivity contribution is 0.592. The molecule has 7 aromatic carbocycles. The van der Waals surface area contributed by atoms with Gasteiger partial charge < -0.3 is 4.90 Å². The molecule has 0 spiro atoms. The maximum atomic E-state index is 2.39. The first-order valence-corrected chi connectivity index (χ1v) is 17.4. The molecule has 0 saturated carbocycles. The second kappa shape index (κ2) is 12.3. The molecule has 0 atom stereocenters. The van der Waals surface area contributed by atoms with Gasteiger partial charge in [0.15, 0.2) is 0 Å². The van der Waals surface area contributed by atoms with E-state index in [-0.39, 0.29) is 5.41 Å². The zero-order valence-corrected chi connectivity index (χ0v) is 28.3. The highest BCUT2D eigenvalue weighted by atomic mass is 32.1. The van der Waals surface area contributed by atoms with Crippen LogP contribution in [0.25, 0.3) is 53.6 Å². The molecule has 8 aromatic rings. The van der Waals surface area contributed by atoms with E-state index < -0.39 is 0 Å². The Bertz CT molecular complexity index is 2340. The fourth-order valence-corrected chi connectivity index (χ4v) is 8.00. The summed E-state index contributed by atoms with van der Waals surface area (Å²) < 4.78 is 2.61. The molecule has 1 aromatic heterocycles. The van der Waals surface area contributed by atoms with Crippen LogP contribution in [-0.4, -0.2) is 0 Å². The first-order chi connectivity index (χ1) is 23.4. The first-order valence-electron chi connectivity index (χ1n) is 16.6. The molecule has 0 saturated heterocycles. The van der Waals surface area contributed by atoms with Crippen molar-refractivity contribution in [2.24, 2.45) is 0 Å². The van der Waals surface area contributed by atoms with E-state index in [4.69, 9.17) is 0 Å². The quantitative estimate of drug-likeness (QED) is 0.176. The smallest absolute Gasteiger partial charge is 0.0476 e. The van der Waals surface area contributed by atoms with Crippen molar-refractivity contribution in [3.05, 3.63) is 175 Å². The van der Waals surface area contributed by atoms with Crippen molar-refractivity contribution in [2.75, 3.05) is 4.90 Å². The predicted molar refractivity (Wildman–Crippen MR) is 209 cm³/mol. The average molecular weight is 636 g/mol. The number of thiophene rings is 1. The molecule has 48 heavy (non-hydrogen) atoms. The van der Waals surface area contributed by atoms with Gasteiger partial charge in [0.1, 0.15) is 0 Å². The number of nitrogens with zero attached hydrogens (tertiary/aromatic N) is 1. The third kappa shape index (κ3) is 5.59. The van der Waals surface area contributed by atoms with Crippen molar-refractivity contribution < 1.29 is 0 Å². The highest BCUT2D eigenvalue weighted by Gasteiger charge is 2.22. The van der Waals surface area contributed by atoms with Crippen molar-refractivity contribution in [3.8, 4) is 33.4 Å². The second-order valence-electron chi connectivity index (χ2n) is 13.4. The van der Waals surface area contributed by atoms with Gasteiger partial charge in [-0.25, -0.2) is 0 Å². The van der Waals surface area contributed by atoms with Crippen molar-refractivity contribution in [3.63, 3.8) is 0 Å². The van der Waals surface area contributed by atoms with Gasteiger partial charge in [0, 0.05) is 37.2 Å². The summed E-state index contributed by atoms with van der Waals surface area (Å²) in [4.78, 5) is 2.39.